The molecule has 5 nitrogen and oxygen atoms in total. The average molecular weight is 257 g/mol. The van der Waals surface area contributed by atoms with Gasteiger partial charge in [-0.25, -0.2) is 4.79 Å². The van der Waals surface area contributed by atoms with Crippen molar-refractivity contribution in [1.29, 1.82) is 0 Å². The van der Waals surface area contributed by atoms with Crippen LogP contribution in [0.4, 0.5) is 0 Å². The molecule has 4 unspecified atom stereocenters. The number of hydrogen-bond donors (Lipinski definition) is 1. The lowest BCUT2D eigenvalue weighted by Gasteiger charge is -2.37. The van der Waals surface area contributed by atoms with Gasteiger partial charge >= 0.3 is 5.97 Å². The third-order valence-corrected chi connectivity index (χ3v) is 4.12. The van der Waals surface area contributed by atoms with Crippen molar-refractivity contribution in [3.8, 4) is 0 Å². The van der Waals surface area contributed by atoms with E-state index in [0.29, 0.717) is 12.3 Å². The molecule has 1 N–H and O–H groups in total. The van der Waals surface area contributed by atoms with Gasteiger partial charge in [0.05, 0.1) is 12.2 Å². The highest BCUT2D eigenvalue weighted by Gasteiger charge is 2.33. The summed E-state index contributed by atoms with van der Waals surface area (Å²) in [6, 6.07) is 0. The molecule has 2 heterocycles. The second-order valence-corrected chi connectivity index (χ2v) is 5.46. The molecule has 2 aliphatic heterocycles. The van der Waals surface area contributed by atoms with Crippen molar-refractivity contribution in [1.82, 2.24) is 4.90 Å². The SMILES string of the molecule is COC1CN(CC2CCC(C(=O)O)O2)CCC1C. The first kappa shape index (κ1) is 13.8. The van der Waals surface area contributed by atoms with Crippen LogP contribution < -0.4 is 0 Å². The molecule has 2 saturated heterocycles. The molecule has 0 aromatic rings. The van der Waals surface area contributed by atoms with Crippen LogP contribution in [-0.2, 0) is 14.3 Å². The number of aliphatic carboxylic acids is 1. The van der Waals surface area contributed by atoms with Crippen LogP contribution >= 0.6 is 0 Å². The molecule has 0 aliphatic carbocycles. The van der Waals surface area contributed by atoms with Gasteiger partial charge in [0, 0.05) is 20.2 Å². The van der Waals surface area contributed by atoms with Crippen LogP contribution in [0.1, 0.15) is 26.2 Å². The Balaban J connectivity index is 1.79. The van der Waals surface area contributed by atoms with Gasteiger partial charge in [0.15, 0.2) is 6.10 Å². The molecule has 2 aliphatic rings. The molecule has 0 aromatic heterocycles. The smallest absolute Gasteiger partial charge is 0.332 e. The largest absolute Gasteiger partial charge is 0.479 e. The second kappa shape index (κ2) is 5.99. The number of carboxylic acid groups (broad SMARTS) is 1. The van der Waals surface area contributed by atoms with Crippen molar-refractivity contribution in [2.45, 2.75) is 44.5 Å². The number of likely N-dealkylation sites (tertiary alicyclic amines) is 1. The molecule has 104 valence electrons. The number of carboxylic acids is 1. The van der Waals surface area contributed by atoms with Gasteiger partial charge in [-0.1, -0.05) is 6.92 Å². The van der Waals surface area contributed by atoms with Crippen LogP contribution in [0.25, 0.3) is 0 Å². The standard InChI is InChI=1S/C13H23NO4/c1-9-5-6-14(8-12(9)17-2)7-10-3-4-11(18-10)13(15)16/h9-12H,3-8H2,1-2H3,(H,15,16). The summed E-state index contributed by atoms with van der Waals surface area (Å²) >= 11 is 0. The summed E-state index contributed by atoms with van der Waals surface area (Å²) in [5.74, 6) is -0.234. The highest BCUT2D eigenvalue weighted by molar-refractivity contribution is 5.72. The summed E-state index contributed by atoms with van der Waals surface area (Å²) in [5.41, 5.74) is 0. The van der Waals surface area contributed by atoms with E-state index in [0.717, 1.165) is 32.5 Å². The Hall–Kier alpha value is -0.650. The highest BCUT2D eigenvalue weighted by Crippen LogP contribution is 2.24. The summed E-state index contributed by atoms with van der Waals surface area (Å²) in [6.45, 7) is 5.03. The fourth-order valence-electron chi connectivity index (χ4n) is 2.88. The minimum absolute atomic E-state index is 0.0667. The van der Waals surface area contributed by atoms with Gasteiger partial charge in [0.2, 0.25) is 0 Å². The van der Waals surface area contributed by atoms with Crippen molar-refractivity contribution >= 4 is 5.97 Å². The van der Waals surface area contributed by atoms with E-state index >= 15 is 0 Å². The van der Waals surface area contributed by atoms with E-state index in [1.807, 2.05) is 0 Å². The molecule has 0 saturated carbocycles. The summed E-state index contributed by atoms with van der Waals surface area (Å²) in [4.78, 5) is 13.2. The third-order valence-electron chi connectivity index (χ3n) is 4.12. The third kappa shape index (κ3) is 3.22. The van der Waals surface area contributed by atoms with Gasteiger partial charge in [-0.3, -0.25) is 4.90 Å². The maximum atomic E-state index is 10.8. The number of carbonyl (C=O) groups is 1. The quantitative estimate of drug-likeness (QED) is 0.813. The maximum Gasteiger partial charge on any atom is 0.332 e. The molecule has 2 rings (SSSR count). The van der Waals surface area contributed by atoms with Crippen molar-refractivity contribution in [2.24, 2.45) is 5.92 Å². The van der Waals surface area contributed by atoms with E-state index in [1.54, 1.807) is 7.11 Å². The lowest BCUT2D eigenvalue weighted by atomic mass is 9.95. The van der Waals surface area contributed by atoms with Gasteiger partial charge < -0.3 is 14.6 Å². The van der Waals surface area contributed by atoms with Crippen molar-refractivity contribution in [2.75, 3.05) is 26.7 Å². The Morgan fingerprint density at radius 2 is 2.22 bits per heavy atom. The zero-order chi connectivity index (χ0) is 13.1. The number of methoxy groups -OCH3 is 1. The van der Waals surface area contributed by atoms with Crippen molar-refractivity contribution < 1.29 is 19.4 Å². The topological polar surface area (TPSA) is 59.0 Å². The first-order valence-corrected chi connectivity index (χ1v) is 6.73. The van der Waals surface area contributed by atoms with E-state index < -0.39 is 12.1 Å². The van der Waals surface area contributed by atoms with Crippen molar-refractivity contribution in [3.05, 3.63) is 0 Å². The van der Waals surface area contributed by atoms with Crippen LogP contribution in [0.15, 0.2) is 0 Å². The highest BCUT2D eigenvalue weighted by atomic mass is 16.5. The van der Waals surface area contributed by atoms with Crippen LogP contribution in [0, 0.1) is 5.92 Å². The monoisotopic (exact) mass is 257 g/mol. The van der Waals surface area contributed by atoms with Gasteiger partial charge in [-0.2, -0.15) is 0 Å². The molecule has 0 bridgehead atoms. The van der Waals surface area contributed by atoms with Gasteiger partial charge in [-0.05, 0) is 31.7 Å². The maximum absolute atomic E-state index is 10.8. The Morgan fingerprint density at radius 3 is 2.83 bits per heavy atom. The molecule has 5 heteroatoms. The molecule has 18 heavy (non-hydrogen) atoms. The van der Waals surface area contributed by atoms with Crippen molar-refractivity contribution in [3.63, 3.8) is 0 Å². The number of rotatable bonds is 4. The fraction of sp³-hybridized carbons (Fsp3) is 0.923. The Morgan fingerprint density at radius 1 is 1.44 bits per heavy atom. The Kier molecular flexibility index (Phi) is 4.59. The van der Waals surface area contributed by atoms with E-state index in [9.17, 15) is 4.79 Å². The van der Waals surface area contributed by atoms with Crippen LogP contribution in [-0.4, -0.2) is 61.0 Å². The molecular formula is C13H23NO4. The minimum atomic E-state index is -0.834. The number of ether oxygens (including phenoxy) is 2. The van der Waals surface area contributed by atoms with Crippen LogP contribution in [0.2, 0.25) is 0 Å². The second-order valence-electron chi connectivity index (χ2n) is 5.46. The molecule has 0 radical (unpaired) electrons. The molecular weight excluding hydrogens is 234 g/mol. The molecule has 0 amide bonds. The number of piperidine rings is 1. The predicted octanol–water partition coefficient (Wildman–Crippen LogP) is 0.975. The average Bonchev–Trinajstić information content (AvgIpc) is 2.80. The molecule has 0 aromatic carbocycles. The summed E-state index contributed by atoms with van der Waals surface area (Å²) < 4.78 is 11.0. The van der Waals surface area contributed by atoms with E-state index in [1.165, 1.54) is 0 Å². The normalized spacial score (nSPS) is 37.9. The van der Waals surface area contributed by atoms with Gasteiger partial charge in [0.1, 0.15) is 0 Å². The fourth-order valence-corrected chi connectivity index (χ4v) is 2.88. The summed E-state index contributed by atoms with van der Waals surface area (Å²) in [7, 11) is 1.76. The van der Waals surface area contributed by atoms with Gasteiger partial charge in [0.25, 0.3) is 0 Å². The molecule has 0 spiro atoms. The van der Waals surface area contributed by atoms with E-state index in [4.69, 9.17) is 14.6 Å². The Labute approximate surface area is 108 Å². The minimum Gasteiger partial charge on any atom is -0.479 e. The first-order valence-electron chi connectivity index (χ1n) is 6.73. The van der Waals surface area contributed by atoms with Crippen LogP contribution in [0.3, 0.4) is 0 Å². The van der Waals surface area contributed by atoms with Crippen LogP contribution in [0.5, 0.6) is 0 Å². The lowest BCUT2D eigenvalue weighted by molar-refractivity contribution is -0.150. The zero-order valence-corrected chi connectivity index (χ0v) is 11.2. The Bertz CT molecular complexity index is 297. The molecule has 2 fully saturated rings. The number of nitrogens with zero attached hydrogens (tertiary/aromatic N) is 1. The predicted molar refractivity (Wildman–Crippen MR) is 66.5 cm³/mol. The molecule has 4 atom stereocenters. The summed E-state index contributed by atoms with van der Waals surface area (Å²) in [6.07, 6.45) is 2.37. The zero-order valence-electron chi connectivity index (χ0n) is 11.2. The number of hydrogen-bond acceptors (Lipinski definition) is 4. The van der Waals surface area contributed by atoms with Gasteiger partial charge in [-0.15, -0.1) is 0 Å². The summed E-state index contributed by atoms with van der Waals surface area (Å²) in [5, 5.41) is 8.89. The lowest BCUT2D eigenvalue weighted by Crippen LogP contribution is -2.46. The van der Waals surface area contributed by atoms with E-state index in [-0.39, 0.29) is 12.2 Å². The van der Waals surface area contributed by atoms with E-state index in [2.05, 4.69) is 11.8 Å². The first-order chi connectivity index (χ1) is 8.60.